The van der Waals surface area contributed by atoms with Crippen LogP contribution in [0, 0.1) is 0 Å². The summed E-state index contributed by atoms with van der Waals surface area (Å²) in [6.45, 7) is 1.28. The SMILES string of the molecule is CCN(Cc1ccccc1)C(=O)COC(=O)Cn1c(C(F)(F)F)nc2ccccc21. The van der Waals surface area contributed by atoms with Crippen molar-refractivity contribution in [3.63, 3.8) is 0 Å². The Kier molecular flexibility index (Phi) is 6.39. The molecule has 0 aliphatic carbocycles. The first-order valence-corrected chi connectivity index (χ1v) is 9.29. The number of benzene rings is 2. The van der Waals surface area contributed by atoms with Crippen molar-refractivity contribution in [2.75, 3.05) is 13.2 Å². The molecule has 0 N–H and O–H groups in total. The molecular weight excluding hydrogens is 399 g/mol. The van der Waals surface area contributed by atoms with Crippen molar-refractivity contribution >= 4 is 22.9 Å². The molecule has 9 heteroatoms. The molecule has 0 saturated heterocycles. The Morgan fingerprint density at radius 2 is 1.73 bits per heavy atom. The molecule has 30 heavy (non-hydrogen) atoms. The maximum Gasteiger partial charge on any atom is 0.449 e. The van der Waals surface area contributed by atoms with Gasteiger partial charge in [0.25, 0.3) is 5.91 Å². The molecule has 0 fully saturated rings. The average molecular weight is 419 g/mol. The number of rotatable bonds is 7. The van der Waals surface area contributed by atoms with Crippen LogP contribution in [0.1, 0.15) is 18.3 Å². The second-order valence-corrected chi connectivity index (χ2v) is 6.56. The predicted molar refractivity (Wildman–Crippen MR) is 103 cm³/mol. The van der Waals surface area contributed by atoms with Crippen LogP contribution in [-0.4, -0.2) is 39.5 Å². The van der Waals surface area contributed by atoms with Gasteiger partial charge in [0, 0.05) is 13.1 Å². The molecule has 158 valence electrons. The highest BCUT2D eigenvalue weighted by Crippen LogP contribution is 2.31. The summed E-state index contributed by atoms with van der Waals surface area (Å²) in [5, 5.41) is 0. The van der Waals surface area contributed by atoms with E-state index in [-0.39, 0.29) is 11.0 Å². The third-order valence-corrected chi connectivity index (χ3v) is 4.50. The number of imidazole rings is 1. The van der Waals surface area contributed by atoms with Gasteiger partial charge in [0.2, 0.25) is 5.82 Å². The predicted octanol–water partition coefficient (Wildman–Crippen LogP) is 3.65. The topological polar surface area (TPSA) is 64.4 Å². The molecule has 0 radical (unpaired) electrons. The van der Waals surface area contributed by atoms with Crippen LogP contribution in [0.15, 0.2) is 54.6 Å². The number of alkyl halides is 3. The van der Waals surface area contributed by atoms with Crippen LogP contribution in [0.4, 0.5) is 13.2 Å². The van der Waals surface area contributed by atoms with E-state index in [0.29, 0.717) is 13.1 Å². The fraction of sp³-hybridized carbons (Fsp3) is 0.286. The molecule has 0 aliphatic heterocycles. The van der Waals surface area contributed by atoms with Crippen molar-refractivity contribution in [1.29, 1.82) is 0 Å². The highest BCUT2D eigenvalue weighted by atomic mass is 19.4. The van der Waals surface area contributed by atoms with Crippen molar-refractivity contribution in [1.82, 2.24) is 14.5 Å². The minimum absolute atomic E-state index is 0.119. The van der Waals surface area contributed by atoms with E-state index >= 15 is 0 Å². The lowest BCUT2D eigenvalue weighted by Gasteiger charge is -2.21. The van der Waals surface area contributed by atoms with Gasteiger partial charge in [-0.15, -0.1) is 0 Å². The van der Waals surface area contributed by atoms with Gasteiger partial charge >= 0.3 is 12.1 Å². The number of ether oxygens (including phenoxy) is 1. The number of amides is 1. The molecule has 1 amide bonds. The number of para-hydroxylation sites is 2. The van der Waals surface area contributed by atoms with Gasteiger partial charge in [-0.1, -0.05) is 42.5 Å². The van der Waals surface area contributed by atoms with E-state index in [1.165, 1.54) is 17.0 Å². The number of carbonyl (C=O) groups is 2. The quantitative estimate of drug-likeness (QED) is 0.549. The standard InChI is InChI=1S/C21H20F3N3O3/c1-2-26(12-15-8-4-3-5-9-15)18(28)14-30-19(29)13-27-17-11-7-6-10-16(17)25-20(27)21(22,23)24/h3-11H,2,12-14H2,1H3. The second-order valence-electron chi connectivity index (χ2n) is 6.56. The van der Waals surface area contributed by atoms with Gasteiger partial charge in [0.1, 0.15) is 6.54 Å². The Morgan fingerprint density at radius 3 is 2.40 bits per heavy atom. The zero-order valence-corrected chi connectivity index (χ0v) is 16.2. The normalized spacial score (nSPS) is 11.5. The van der Waals surface area contributed by atoms with E-state index in [1.807, 2.05) is 30.3 Å². The number of hydrogen-bond acceptors (Lipinski definition) is 4. The Balaban J connectivity index is 1.66. The van der Waals surface area contributed by atoms with E-state index in [4.69, 9.17) is 4.74 Å². The molecule has 0 atom stereocenters. The van der Waals surface area contributed by atoms with E-state index in [1.54, 1.807) is 19.1 Å². The van der Waals surface area contributed by atoms with Gasteiger partial charge < -0.3 is 14.2 Å². The van der Waals surface area contributed by atoms with Crippen LogP contribution >= 0.6 is 0 Å². The number of aromatic nitrogens is 2. The zero-order valence-electron chi connectivity index (χ0n) is 16.2. The lowest BCUT2D eigenvalue weighted by molar-refractivity contribution is -0.155. The molecular formula is C21H20F3N3O3. The van der Waals surface area contributed by atoms with Crippen LogP contribution in [-0.2, 0) is 33.6 Å². The Morgan fingerprint density at radius 1 is 1.07 bits per heavy atom. The molecule has 0 aliphatic rings. The number of likely N-dealkylation sites (N-methyl/N-ethyl adjacent to an activating group) is 1. The summed E-state index contributed by atoms with van der Waals surface area (Å²) in [6, 6.07) is 15.3. The molecule has 1 aromatic heterocycles. The lowest BCUT2D eigenvalue weighted by atomic mass is 10.2. The summed E-state index contributed by atoms with van der Waals surface area (Å²) in [5.74, 6) is -2.57. The van der Waals surface area contributed by atoms with Crippen molar-refractivity contribution in [2.45, 2.75) is 26.2 Å². The fourth-order valence-electron chi connectivity index (χ4n) is 3.04. The van der Waals surface area contributed by atoms with E-state index in [9.17, 15) is 22.8 Å². The molecule has 0 unspecified atom stereocenters. The average Bonchev–Trinajstić information content (AvgIpc) is 3.10. The van der Waals surface area contributed by atoms with Crippen molar-refractivity contribution in [2.24, 2.45) is 0 Å². The molecule has 0 spiro atoms. The van der Waals surface area contributed by atoms with Crippen LogP contribution in [0.2, 0.25) is 0 Å². The first-order valence-electron chi connectivity index (χ1n) is 9.29. The number of nitrogens with zero attached hydrogens (tertiary/aromatic N) is 3. The van der Waals surface area contributed by atoms with E-state index in [2.05, 4.69) is 4.98 Å². The van der Waals surface area contributed by atoms with Gasteiger partial charge in [-0.25, -0.2) is 4.98 Å². The molecule has 3 aromatic rings. The lowest BCUT2D eigenvalue weighted by Crippen LogP contribution is -2.34. The number of esters is 1. The summed E-state index contributed by atoms with van der Waals surface area (Å²) in [7, 11) is 0. The monoisotopic (exact) mass is 419 g/mol. The summed E-state index contributed by atoms with van der Waals surface area (Å²) in [5.41, 5.74) is 1.19. The molecule has 2 aromatic carbocycles. The fourth-order valence-corrected chi connectivity index (χ4v) is 3.04. The van der Waals surface area contributed by atoms with Crippen LogP contribution in [0.5, 0.6) is 0 Å². The number of halogens is 3. The molecule has 0 saturated carbocycles. The Hall–Kier alpha value is -3.36. The smallest absolute Gasteiger partial charge is 0.449 e. The third-order valence-electron chi connectivity index (χ3n) is 4.50. The molecule has 0 bridgehead atoms. The summed E-state index contributed by atoms with van der Waals surface area (Å²) in [4.78, 5) is 29.6. The first-order chi connectivity index (χ1) is 14.3. The zero-order chi connectivity index (χ0) is 21.7. The Labute approximate surface area is 170 Å². The second kappa shape index (κ2) is 8.98. The summed E-state index contributed by atoms with van der Waals surface area (Å²) < 4.78 is 45.7. The molecule has 3 rings (SSSR count). The number of carbonyl (C=O) groups excluding carboxylic acids is 2. The van der Waals surface area contributed by atoms with Crippen LogP contribution in [0.3, 0.4) is 0 Å². The minimum atomic E-state index is -4.73. The van der Waals surface area contributed by atoms with E-state index < -0.39 is 37.0 Å². The molecule has 6 nitrogen and oxygen atoms in total. The summed E-state index contributed by atoms with van der Waals surface area (Å²) in [6.07, 6.45) is -4.73. The maximum absolute atomic E-state index is 13.3. The van der Waals surface area contributed by atoms with Gasteiger partial charge in [-0.2, -0.15) is 13.2 Å². The van der Waals surface area contributed by atoms with Gasteiger partial charge in [0.15, 0.2) is 6.61 Å². The highest BCUT2D eigenvalue weighted by molar-refractivity contribution is 5.82. The van der Waals surface area contributed by atoms with Gasteiger partial charge in [-0.3, -0.25) is 9.59 Å². The van der Waals surface area contributed by atoms with Crippen LogP contribution < -0.4 is 0 Å². The first kappa shape index (κ1) is 21.4. The maximum atomic E-state index is 13.3. The third kappa shape index (κ3) is 4.97. The number of fused-ring (bicyclic) bond motifs is 1. The largest absolute Gasteiger partial charge is 0.454 e. The molecule has 1 heterocycles. The van der Waals surface area contributed by atoms with E-state index in [0.717, 1.165) is 10.1 Å². The van der Waals surface area contributed by atoms with Crippen molar-refractivity contribution in [3.05, 3.63) is 66.0 Å². The van der Waals surface area contributed by atoms with Crippen molar-refractivity contribution < 1.29 is 27.5 Å². The number of hydrogen-bond donors (Lipinski definition) is 0. The minimum Gasteiger partial charge on any atom is -0.454 e. The summed E-state index contributed by atoms with van der Waals surface area (Å²) >= 11 is 0. The van der Waals surface area contributed by atoms with Gasteiger partial charge in [-0.05, 0) is 24.6 Å². The van der Waals surface area contributed by atoms with Crippen LogP contribution in [0.25, 0.3) is 11.0 Å². The van der Waals surface area contributed by atoms with Gasteiger partial charge in [0.05, 0.1) is 11.0 Å². The Bertz CT molecular complexity index is 1030. The highest BCUT2D eigenvalue weighted by Gasteiger charge is 2.38. The van der Waals surface area contributed by atoms with Crippen molar-refractivity contribution in [3.8, 4) is 0 Å².